The predicted octanol–water partition coefficient (Wildman–Crippen LogP) is 1.70. The minimum atomic E-state index is 0.602. The highest BCUT2D eigenvalue weighted by Crippen LogP contribution is 2.16. The number of aromatic nitrogens is 2. The van der Waals surface area contributed by atoms with Crippen LogP contribution in [0.3, 0.4) is 0 Å². The summed E-state index contributed by atoms with van der Waals surface area (Å²) in [6, 6.07) is 0.602. The molecule has 0 spiro atoms. The van der Waals surface area contributed by atoms with Crippen molar-refractivity contribution in [3.8, 4) is 0 Å². The summed E-state index contributed by atoms with van der Waals surface area (Å²) in [5.41, 5.74) is 3.98. The van der Waals surface area contributed by atoms with E-state index >= 15 is 0 Å². The van der Waals surface area contributed by atoms with Crippen molar-refractivity contribution in [2.24, 2.45) is 0 Å². The van der Waals surface area contributed by atoms with Gasteiger partial charge in [-0.2, -0.15) is 5.10 Å². The van der Waals surface area contributed by atoms with Crippen LogP contribution in [0.1, 0.15) is 37.2 Å². The van der Waals surface area contributed by atoms with Crippen LogP contribution in [0.5, 0.6) is 0 Å². The lowest BCUT2D eigenvalue weighted by atomic mass is 10.1. The molecule has 4 heteroatoms. The second-order valence-corrected chi connectivity index (χ2v) is 5.46. The Morgan fingerprint density at radius 2 is 2.17 bits per heavy atom. The molecule has 2 heterocycles. The molecule has 0 saturated carbocycles. The smallest absolute Gasteiger partial charge is 0.0641 e. The first-order valence-electron chi connectivity index (χ1n) is 7.10. The maximum absolute atomic E-state index is 4.66. The molecule has 0 aliphatic carbocycles. The third-order valence-electron chi connectivity index (χ3n) is 3.80. The molecule has 0 aromatic carbocycles. The molecule has 1 N–H and O–H groups in total. The Labute approximate surface area is 110 Å². The van der Waals surface area contributed by atoms with Gasteiger partial charge < -0.3 is 5.32 Å². The molecule has 102 valence electrons. The third kappa shape index (κ3) is 2.93. The number of rotatable bonds is 4. The van der Waals surface area contributed by atoms with Crippen molar-refractivity contribution in [2.45, 2.75) is 53.2 Å². The highest BCUT2D eigenvalue weighted by atomic mass is 15.3. The van der Waals surface area contributed by atoms with Crippen molar-refractivity contribution in [1.82, 2.24) is 20.0 Å². The first-order chi connectivity index (χ1) is 8.61. The lowest BCUT2D eigenvalue weighted by Crippen LogP contribution is -2.48. The van der Waals surface area contributed by atoms with Crippen molar-refractivity contribution in [3.05, 3.63) is 17.0 Å². The first-order valence-corrected chi connectivity index (χ1v) is 7.10. The van der Waals surface area contributed by atoms with Gasteiger partial charge >= 0.3 is 0 Å². The SMILES string of the molecule is CCCn1nc(C)c(CN2CCNC(C)C2)c1C. The average molecular weight is 250 g/mol. The zero-order chi connectivity index (χ0) is 13.1. The number of nitrogens with one attached hydrogen (secondary N) is 1. The fraction of sp³-hybridized carbons (Fsp3) is 0.786. The van der Waals surface area contributed by atoms with E-state index in [-0.39, 0.29) is 0 Å². The molecular formula is C14H26N4. The second-order valence-electron chi connectivity index (χ2n) is 5.46. The normalized spacial score (nSPS) is 21.4. The highest BCUT2D eigenvalue weighted by molar-refractivity contribution is 5.24. The van der Waals surface area contributed by atoms with Gasteiger partial charge in [-0.15, -0.1) is 0 Å². The monoisotopic (exact) mass is 250 g/mol. The van der Waals surface area contributed by atoms with Crippen molar-refractivity contribution in [1.29, 1.82) is 0 Å². The minimum absolute atomic E-state index is 0.602. The Bertz CT molecular complexity index is 397. The molecule has 1 aromatic rings. The fourth-order valence-electron chi connectivity index (χ4n) is 2.77. The van der Waals surface area contributed by atoms with Crippen LogP contribution in [-0.4, -0.2) is 40.4 Å². The van der Waals surface area contributed by atoms with Crippen LogP contribution in [0, 0.1) is 13.8 Å². The Morgan fingerprint density at radius 3 is 2.83 bits per heavy atom. The fourth-order valence-corrected chi connectivity index (χ4v) is 2.77. The zero-order valence-electron chi connectivity index (χ0n) is 12.2. The Hall–Kier alpha value is -0.870. The number of hydrogen-bond donors (Lipinski definition) is 1. The van der Waals surface area contributed by atoms with Gasteiger partial charge in [-0.1, -0.05) is 6.92 Å². The summed E-state index contributed by atoms with van der Waals surface area (Å²) in [6.45, 7) is 14.3. The van der Waals surface area contributed by atoms with E-state index in [2.05, 4.69) is 47.7 Å². The predicted molar refractivity (Wildman–Crippen MR) is 74.7 cm³/mol. The van der Waals surface area contributed by atoms with Gasteiger partial charge in [-0.05, 0) is 27.2 Å². The van der Waals surface area contributed by atoms with Crippen LogP contribution in [-0.2, 0) is 13.1 Å². The van der Waals surface area contributed by atoms with Gasteiger partial charge in [0.15, 0.2) is 0 Å². The molecular weight excluding hydrogens is 224 g/mol. The minimum Gasteiger partial charge on any atom is -0.312 e. The molecule has 1 fully saturated rings. The maximum atomic E-state index is 4.66. The Balaban J connectivity index is 2.08. The summed E-state index contributed by atoms with van der Waals surface area (Å²) in [7, 11) is 0. The van der Waals surface area contributed by atoms with Crippen LogP contribution >= 0.6 is 0 Å². The topological polar surface area (TPSA) is 33.1 Å². The molecule has 1 unspecified atom stereocenters. The van der Waals surface area contributed by atoms with Crippen molar-refractivity contribution < 1.29 is 0 Å². The van der Waals surface area contributed by atoms with Gasteiger partial charge in [-0.25, -0.2) is 0 Å². The van der Waals surface area contributed by atoms with Crippen LogP contribution in [0.15, 0.2) is 0 Å². The second kappa shape index (κ2) is 5.85. The number of piperazine rings is 1. The molecule has 1 aliphatic rings. The van der Waals surface area contributed by atoms with Gasteiger partial charge in [-0.3, -0.25) is 9.58 Å². The van der Waals surface area contributed by atoms with E-state index in [4.69, 9.17) is 0 Å². The molecule has 1 aliphatic heterocycles. The highest BCUT2D eigenvalue weighted by Gasteiger charge is 2.19. The summed E-state index contributed by atoms with van der Waals surface area (Å²) in [5, 5.41) is 8.15. The molecule has 0 amide bonds. The van der Waals surface area contributed by atoms with Crippen LogP contribution in [0.2, 0.25) is 0 Å². The first kappa shape index (κ1) is 13.6. The quantitative estimate of drug-likeness (QED) is 0.883. The molecule has 1 atom stereocenters. The molecule has 1 aromatic heterocycles. The van der Waals surface area contributed by atoms with E-state index in [1.807, 2.05) is 0 Å². The van der Waals surface area contributed by atoms with E-state index < -0.39 is 0 Å². The van der Waals surface area contributed by atoms with E-state index in [0.29, 0.717) is 6.04 Å². The van der Waals surface area contributed by atoms with Gasteiger partial charge in [0.05, 0.1) is 5.69 Å². The van der Waals surface area contributed by atoms with Crippen molar-refractivity contribution in [3.63, 3.8) is 0 Å². The van der Waals surface area contributed by atoms with E-state index in [1.165, 1.54) is 17.0 Å². The van der Waals surface area contributed by atoms with E-state index in [1.54, 1.807) is 0 Å². The molecule has 0 bridgehead atoms. The average Bonchev–Trinajstić information content (AvgIpc) is 2.58. The Kier molecular flexibility index (Phi) is 4.40. The van der Waals surface area contributed by atoms with Crippen LogP contribution in [0.4, 0.5) is 0 Å². The van der Waals surface area contributed by atoms with E-state index in [9.17, 15) is 0 Å². The van der Waals surface area contributed by atoms with Gasteiger partial charge in [0.25, 0.3) is 0 Å². The van der Waals surface area contributed by atoms with Crippen LogP contribution in [0.25, 0.3) is 0 Å². The van der Waals surface area contributed by atoms with Gasteiger partial charge in [0, 0.05) is 50.0 Å². The van der Waals surface area contributed by atoms with Crippen LogP contribution < -0.4 is 5.32 Å². The Morgan fingerprint density at radius 1 is 1.39 bits per heavy atom. The summed E-state index contributed by atoms with van der Waals surface area (Å²) in [5.74, 6) is 0. The lowest BCUT2D eigenvalue weighted by molar-refractivity contribution is 0.199. The summed E-state index contributed by atoms with van der Waals surface area (Å²) >= 11 is 0. The molecule has 4 nitrogen and oxygen atoms in total. The van der Waals surface area contributed by atoms with Crippen molar-refractivity contribution in [2.75, 3.05) is 19.6 Å². The maximum Gasteiger partial charge on any atom is 0.0641 e. The van der Waals surface area contributed by atoms with Gasteiger partial charge in [0.2, 0.25) is 0 Å². The standard InChI is InChI=1S/C14H26N4/c1-5-7-18-13(4)14(12(3)16-18)10-17-8-6-15-11(2)9-17/h11,15H,5-10H2,1-4H3. The van der Waals surface area contributed by atoms with E-state index in [0.717, 1.165) is 39.1 Å². The third-order valence-corrected chi connectivity index (χ3v) is 3.80. The molecule has 0 radical (unpaired) electrons. The summed E-state index contributed by atoms with van der Waals surface area (Å²) in [6.07, 6.45) is 1.14. The number of hydrogen-bond acceptors (Lipinski definition) is 3. The molecule has 2 rings (SSSR count). The summed E-state index contributed by atoms with van der Waals surface area (Å²) < 4.78 is 2.16. The number of aryl methyl sites for hydroxylation is 2. The van der Waals surface area contributed by atoms with Gasteiger partial charge in [0.1, 0.15) is 0 Å². The summed E-state index contributed by atoms with van der Waals surface area (Å²) in [4.78, 5) is 2.54. The largest absolute Gasteiger partial charge is 0.312 e. The number of nitrogens with zero attached hydrogens (tertiary/aromatic N) is 3. The zero-order valence-corrected chi connectivity index (χ0v) is 12.2. The molecule has 18 heavy (non-hydrogen) atoms. The molecule has 1 saturated heterocycles. The lowest BCUT2D eigenvalue weighted by Gasteiger charge is -2.31. The van der Waals surface area contributed by atoms with Crippen molar-refractivity contribution >= 4 is 0 Å².